The quantitative estimate of drug-likeness (QED) is 0.711. The largest absolute Gasteiger partial charge is 0.397 e. The first-order chi connectivity index (χ1) is 6.65. The highest BCUT2D eigenvalue weighted by atomic mass is 16.3. The summed E-state index contributed by atoms with van der Waals surface area (Å²) in [6.07, 6.45) is 0. The lowest BCUT2D eigenvalue weighted by Gasteiger charge is -2.23. The molecule has 0 aliphatic rings. The van der Waals surface area contributed by atoms with Crippen LogP contribution in [0.25, 0.3) is 0 Å². The van der Waals surface area contributed by atoms with Crippen LogP contribution in [0.4, 0.5) is 11.4 Å². The first-order valence-electron chi connectivity index (χ1n) is 4.81. The fourth-order valence-electron chi connectivity index (χ4n) is 1.46. The molecule has 3 N–H and O–H groups in total. The third kappa shape index (κ3) is 2.64. The Kier molecular flexibility index (Phi) is 3.77. The summed E-state index contributed by atoms with van der Waals surface area (Å²) in [6, 6.07) is 7.75. The number of rotatable bonds is 4. The minimum atomic E-state index is 0.205. The molecule has 0 bridgehead atoms. The molecule has 3 heteroatoms. The first-order valence-corrected chi connectivity index (χ1v) is 4.81. The van der Waals surface area contributed by atoms with E-state index in [1.54, 1.807) is 0 Å². The van der Waals surface area contributed by atoms with Crippen molar-refractivity contribution in [2.24, 2.45) is 5.92 Å². The van der Waals surface area contributed by atoms with Crippen LogP contribution in [0.1, 0.15) is 6.92 Å². The zero-order valence-electron chi connectivity index (χ0n) is 8.77. The molecule has 1 rings (SSSR count). The van der Waals surface area contributed by atoms with Crippen LogP contribution in [0.3, 0.4) is 0 Å². The second kappa shape index (κ2) is 4.86. The zero-order chi connectivity index (χ0) is 10.6. The standard InChI is InChI=1S/C11H18N2O/c1-9(8-14)7-13(2)11-6-4-3-5-10(11)12/h3-6,9,14H,7-8,12H2,1-2H3. The van der Waals surface area contributed by atoms with Crippen LogP contribution < -0.4 is 10.6 Å². The Morgan fingerprint density at radius 1 is 1.43 bits per heavy atom. The van der Waals surface area contributed by atoms with Crippen molar-refractivity contribution in [1.82, 2.24) is 0 Å². The van der Waals surface area contributed by atoms with Crippen LogP contribution in [-0.2, 0) is 0 Å². The Bertz CT molecular complexity index is 288. The monoisotopic (exact) mass is 194 g/mol. The van der Waals surface area contributed by atoms with E-state index in [0.717, 1.165) is 17.9 Å². The lowest BCUT2D eigenvalue weighted by atomic mass is 10.1. The predicted molar refractivity (Wildman–Crippen MR) is 60.4 cm³/mol. The normalized spacial score (nSPS) is 12.5. The van der Waals surface area contributed by atoms with E-state index in [0.29, 0.717) is 0 Å². The molecule has 0 saturated heterocycles. The summed E-state index contributed by atoms with van der Waals surface area (Å²) in [6.45, 7) is 3.03. The van der Waals surface area contributed by atoms with Crippen molar-refractivity contribution in [2.75, 3.05) is 30.8 Å². The van der Waals surface area contributed by atoms with Gasteiger partial charge in [0.05, 0.1) is 11.4 Å². The van der Waals surface area contributed by atoms with Crippen molar-refractivity contribution in [3.8, 4) is 0 Å². The fourth-order valence-corrected chi connectivity index (χ4v) is 1.46. The Morgan fingerprint density at radius 3 is 2.64 bits per heavy atom. The molecule has 0 fully saturated rings. The van der Waals surface area contributed by atoms with Crippen molar-refractivity contribution in [1.29, 1.82) is 0 Å². The molecule has 1 unspecified atom stereocenters. The van der Waals surface area contributed by atoms with Crippen molar-refractivity contribution in [3.05, 3.63) is 24.3 Å². The number of para-hydroxylation sites is 2. The Labute approximate surface area is 85.2 Å². The average Bonchev–Trinajstić information content (AvgIpc) is 2.18. The number of anilines is 2. The fraction of sp³-hybridized carbons (Fsp3) is 0.455. The van der Waals surface area contributed by atoms with Gasteiger partial charge < -0.3 is 15.7 Å². The number of hydrogen-bond donors (Lipinski definition) is 2. The van der Waals surface area contributed by atoms with E-state index >= 15 is 0 Å². The average molecular weight is 194 g/mol. The maximum atomic E-state index is 8.94. The van der Waals surface area contributed by atoms with E-state index in [9.17, 15) is 0 Å². The summed E-state index contributed by atoms with van der Waals surface area (Å²) < 4.78 is 0. The third-order valence-electron chi connectivity index (χ3n) is 2.25. The maximum Gasteiger partial charge on any atom is 0.0597 e. The van der Waals surface area contributed by atoms with E-state index < -0.39 is 0 Å². The van der Waals surface area contributed by atoms with Gasteiger partial charge in [0.15, 0.2) is 0 Å². The van der Waals surface area contributed by atoms with Crippen molar-refractivity contribution < 1.29 is 5.11 Å². The number of nitrogen functional groups attached to an aromatic ring is 1. The highest BCUT2D eigenvalue weighted by Crippen LogP contribution is 2.21. The molecular formula is C11H18N2O. The molecule has 0 heterocycles. The Balaban J connectivity index is 2.69. The van der Waals surface area contributed by atoms with Crippen molar-refractivity contribution in [3.63, 3.8) is 0 Å². The molecule has 14 heavy (non-hydrogen) atoms. The number of aliphatic hydroxyl groups excluding tert-OH is 1. The third-order valence-corrected chi connectivity index (χ3v) is 2.25. The van der Waals surface area contributed by atoms with Gasteiger partial charge >= 0.3 is 0 Å². The van der Waals surface area contributed by atoms with Gasteiger partial charge in [0, 0.05) is 20.2 Å². The Hall–Kier alpha value is -1.22. The summed E-state index contributed by atoms with van der Waals surface area (Å²) >= 11 is 0. The molecule has 1 atom stereocenters. The molecule has 1 aromatic carbocycles. The SMILES string of the molecule is CC(CO)CN(C)c1ccccc1N. The van der Waals surface area contributed by atoms with Gasteiger partial charge in [-0.1, -0.05) is 19.1 Å². The van der Waals surface area contributed by atoms with Crippen LogP contribution >= 0.6 is 0 Å². The van der Waals surface area contributed by atoms with Gasteiger partial charge in [-0.2, -0.15) is 0 Å². The van der Waals surface area contributed by atoms with Crippen LogP contribution in [0.15, 0.2) is 24.3 Å². The molecule has 0 aromatic heterocycles. The van der Waals surface area contributed by atoms with E-state index in [4.69, 9.17) is 10.8 Å². The van der Waals surface area contributed by atoms with Crippen molar-refractivity contribution in [2.45, 2.75) is 6.92 Å². The van der Waals surface area contributed by atoms with E-state index in [1.165, 1.54) is 0 Å². The molecule has 1 aromatic rings. The topological polar surface area (TPSA) is 49.5 Å². The summed E-state index contributed by atoms with van der Waals surface area (Å²) in [5, 5.41) is 8.94. The molecule has 0 spiro atoms. The molecular weight excluding hydrogens is 176 g/mol. The van der Waals surface area contributed by atoms with Gasteiger partial charge in [-0.25, -0.2) is 0 Å². The number of hydrogen-bond acceptors (Lipinski definition) is 3. The number of nitrogens with zero attached hydrogens (tertiary/aromatic N) is 1. The summed E-state index contributed by atoms with van der Waals surface area (Å²) in [5.41, 5.74) is 7.63. The molecule has 78 valence electrons. The Morgan fingerprint density at radius 2 is 2.07 bits per heavy atom. The second-order valence-corrected chi connectivity index (χ2v) is 3.73. The van der Waals surface area contributed by atoms with Gasteiger partial charge in [-0.3, -0.25) is 0 Å². The van der Waals surface area contributed by atoms with Gasteiger partial charge in [0.1, 0.15) is 0 Å². The van der Waals surface area contributed by atoms with E-state index in [2.05, 4.69) is 4.90 Å². The predicted octanol–water partition coefficient (Wildman–Crippen LogP) is 1.33. The van der Waals surface area contributed by atoms with Gasteiger partial charge in [0.2, 0.25) is 0 Å². The minimum absolute atomic E-state index is 0.205. The summed E-state index contributed by atoms with van der Waals surface area (Å²) in [7, 11) is 1.98. The molecule has 0 radical (unpaired) electrons. The molecule has 0 aliphatic carbocycles. The number of aliphatic hydroxyl groups is 1. The second-order valence-electron chi connectivity index (χ2n) is 3.73. The van der Waals surface area contributed by atoms with E-state index in [-0.39, 0.29) is 12.5 Å². The zero-order valence-corrected chi connectivity index (χ0v) is 8.77. The minimum Gasteiger partial charge on any atom is -0.397 e. The summed E-state index contributed by atoms with van der Waals surface area (Å²) in [5.74, 6) is 0.264. The lowest BCUT2D eigenvalue weighted by Crippen LogP contribution is -2.26. The summed E-state index contributed by atoms with van der Waals surface area (Å²) in [4.78, 5) is 2.07. The molecule has 0 amide bonds. The first kappa shape index (κ1) is 10.9. The van der Waals surface area contributed by atoms with Gasteiger partial charge in [-0.15, -0.1) is 0 Å². The van der Waals surface area contributed by atoms with Crippen LogP contribution in [0.2, 0.25) is 0 Å². The maximum absolute atomic E-state index is 8.94. The highest BCUT2D eigenvalue weighted by Gasteiger charge is 2.07. The van der Waals surface area contributed by atoms with Crippen LogP contribution in [0.5, 0.6) is 0 Å². The number of nitrogens with two attached hydrogens (primary N) is 1. The van der Waals surface area contributed by atoms with Crippen LogP contribution in [0, 0.1) is 5.92 Å². The highest BCUT2D eigenvalue weighted by molar-refractivity contribution is 5.66. The number of benzene rings is 1. The lowest BCUT2D eigenvalue weighted by molar-refractivity contribution is 0.240. The van der Waals surface area contributed by atoms with Gasteiger partial charge in [-0.05, 0) is 18.1 Å². The smallest absolute Gasteiger partial charge is 0.0597 e. The van der Waals surface area contributed by atoms with E-state index in [1.807, 2.05) is 38.2 Å². The van der Waals surface area contributed by atoms with Crippen LogP contribution in [-0.4, -0.2) is 25.3 Å². The molecule has 3 nitrogen and oxygen atoms in total. The van der Waals surface area contributed by atoms with Crippen molar-refractivity contribution >= 4 is 11.4 Å². The molecule has 0 aliphatic heterocycles. The molecule has 0 saturated carbocycles. The van der Waals surface area contributed by atoms with Gasteiger partial charge in [0.25, 0.3) is 0 Å².